The zero-order valence-electron chi connectivity index (χ0n) is 41.4. The monoisotopic (exact) mass is 923 g/mol. The van der Waals surface area contributed by atoms with Crippen molar-refractivity contribution in [3.05, 3.63) is 109 Å². The van der Waals surface area contributed by atoms with Crippen LogP contribution in [-0.4, -0.2) is 89.6 Å². The second-order valence-electron chi connectivity index (χ2n) is 17.2. The molecule has 6 atom stereocenters. The molecule has 0 aliphatic carbocycles. The van der Waals surface area contributed by atoms with E-state index in [1.165, 1.54) is 38.5 Å². The molecule has 1 heterocycles. The Labute approximate surface area is 402 Å². The Bertz CT molecular complexity index is 1370. The maximum Gasteiger partial charge on any atom is 0.306 e. The van der Waals surface area contributed by atoms with Gasteiger partial charge in [-0.15, -0.1) is 0 Å². The summed E-state index contributed by atoms with van der Waals surface area (Å²) in [5.74, 6) is -0.335. The van der Waals surface area contributed by atoms with Crippen LogP contribution < -0.4 is 0 Å². The number of aliphatic hydroxyl groups excluding tert-OH is 4. The highest BCUT2D eigenvalue weighted by molar-refractivity contribution is 5.69. The Morgan fingerprint density at radius 2 is 0.879 bits per heavy atom. The van der Waals surface area contributed by atoms with E-state index in [-0.39, 0.29) is 19.2 Å². The van der Waals surface area contributed by atoms with Gasteiger partial charge in [0.25, 0.3) is 0 Å². The van der Waals surface area contributed by atoms with Gasteiger partial charge in [-0.1, -0.05) is 187 Å². The van der Waals surface area contributed by atoms with E-state index in [2.05, 4.69) is 123 Å². The first-order chi connectivity index (χ1) is 32.4. The summed E-state index contributed by atoms with van der Waals surface area (Å²) in [5.41, 5.74) is 0. The molecule has 6 unspecified atom stereocenters. The van der Waals surface area contributed by atoms with Crippen LogP contribution in [0.1, 0.15) is 181 Å². The molecule has 1 aliphatic heterocycles. The molecule has 9 nitrogen and oxygen atoms in total. The quantitative estimate of drug-likeness (QED) is 0.0268. The van der Waals surface area contributed by atoms with Crippen LogP contribution in [0.3, 0.4) is 0 Å². The van der Waals surface area contributed by atoms with Gasteiger partial charge in [-0.25, -0.2) is 0 Å². The average Bonchev–Trinajstić information content (AvgIpc) is 3.32. The van der Waals surface area contributed by atoms with Crippen LogP contribution in [0.2, 0.25) is 0 Å². The number of ether oxygens (including phenoxy) is 4. The fourth-order valence-corrected chi connectivity index (χ4v) is 7.21. The van der Waals surface area contributed by atoms with E-state index in [9.17, 15) is 25.2 Å². The van der Waals surface area contributed by atoms with Crippen molar-refractivity contribution in [3.8, 4) is 0 Å². The SMILES string of the molecule is CC/C=C\C/C=C\C/C=C\C/C=C\C/C=C\C/C=C\CCCCCCCCC(=O)OC(COCCCCCCCCCC/C=C\C/C=C\C/C=C\CC)COC1OC(CO)C(O)C(O)C1O. The Morgan fingerprint density at radius 3 is 1.32 bits per heavy atom. The minimum atomic E-state index is -1.55. The van der Waals surface area contributed by atoms with E-state index in [4.69, 9.17) is 18.9 Å². The molecule has 0 spiro atoms. The molecule has 0 aromatic carbocycles. The van der Waals surface area contributed by atoms with Crippen LogP contribution in [-0.2, 0) is 23.7 Å². The van der Waals surface area contributed by atoms with Crippen molar-refractivity contribution in [2.24, 2.45) is 0 Å². The molecule has 0 bridgehead atoms. The third-order valence-electron chi connectivity index (χ3n) is 11.2. The molecule has 0 radical (unpaired) electrons. The van der Waals surface area contributed by atoms with Crippen molar-refractivity contribution < 1.29 is 44.2 Å². The summed E-state index contributed by atoms with van der Waals surface area (Å²) in [6.45, 7) is 4.29. The maximum absolute atomic E-state index is 12.9. The van der Waals surface area contributed by atoms with Crippen molar-refractivity contribution in [1.29, 1.82) is 0 Å². The summed E-state index contributed by atoms with van der Waals surface area (Å²) in [4.78, 5) is 12.9. The van der Waals surface area contributed by atoms with E-state index >= 15 is 0 Å². The molecule has 4 N–H and O–H groups in total. The summed E-state index contributed by atoms with van der Waals surface area (Å²) in [6.07, 6.45) is 59.7. The van der Waals surface area contributed by atoms with E-state index in [1.807, 2.05) is 0 Å². The van der Waals surface area contributed by atoms with Gasteiger partial charge in [0, 0.05) is 13.0 Å². The molecule has 0 aromatic heterocycles. The molecule has 66 heavy (non-hydrogen) atoms. The zero-order chi connectivity index (χ0) is 47.8. The molecular formula is C57H94O9. The molecule has 1 rings (SSSR count). The van der Waals surface area contributed by atoms with Crippen LogP contribution in [0.5, 0.6) is 0 Å². The molecule has 0 amide bonds. The Morgan fingerprint density at radius 1 is 0.485 bits per heavy atom. The van der Waals surface area contributed by atoms with Crippen LogP contribution in [0.15, 0.2) is 109 Å². The number of allylic oxidation sites excluding steroid dienone is 18. The van der Waals surface area contributed by atoms with Crippen LogP contribution in [0.25, 0.3) is 0 Å². The molecular weight excluding hydrogens is 829 g/mol. The van der Waals surface area contributed by atoms with Crippen molar-refractivity contribution >= 4 is 5.97 Å². The lowest BCUT2D eigenvalue weighted by Crippen LogP contribution is -2.59. The predicted molar refractivity (Wildman–Crippen MR) is 274 cm³/mol. The van der Waals surface area contributed by atoms with Gasteiger partial charge < -0.3 is 39.4 Å². The number of carbonyl (C=O) groups excluding carboxylic acids is 1. The maximum atomic E-state index is 12.9. The van der Waals surface area contributed by atoms with Crippen molar-refractivity contribution in [3.63, 3.8) is 0 Å². The van der Waals surface area contributed by atoms with E-state index in [0.29, 0.717) is 13.0 Å². The second-order valence-corrected chi connectivity index (χ2v) is 17.2. The number of hydrogen-bond donors (Lipinski definition) is 4. The lowest BCUT2D eigenvalue weighted by molar-refractivity contribution is -0.305. The van der Waals surface area contributed by atoms with E-state index in [1.54, 1.807) is 0 Å². The van der Waals surface area contributed by atoms with Crippen molar-refractivity contribution in [1.82, 2.24) is 0 Å². The van der Waals surface area contributed by atoms with Gasteiger partial charge in [-0.3, -0.25) is 4.79 Å². The van der Waals surface area contributed by atoms with Crippen LogP contribution >= 0.6 is 0 Å². The fourth-order valence-electron chi connectivity index (χ4n) is 7.21. The molecule has 1 fully saturated rings. The van der Waals surface area contributed by atoms with Gasteiger partial charge in [0.05, 0.1) is 19.8 Å². The molecule has 0 aromatic rings. The van der Waals surface area contributed by atoms with E-state index in [0.717, 1.165) is 122 Å². The summed E-state index contributed by atoms with van der Waals surface area (Å²) in [5, 5.41) is 40.3. The van der Waals surface area contributed by atoms with Gasteiger partial charge in [0.15, 0.2) is 6.29 Å². The van der Waals surface area contributed by atoms with E-state index < -0.39 is 43.4 Å². The van der Waals surface area contributed by atoms with Gasteiger partial charge in [0.1, 0.15) is 30.5 Å². The molecule has 1 saturated heterocycles. The van der Waals surface area contributed by atoms with Gasteiger partial charge in [-0.05, 0) is 96.3 Å². The van der Waals surface area contributed by atoms with Crippen molar-refractivity contribution in [2.75, 3.05) is 26.4 Å². The van der Waals surface area contributed by atoms with Crippen molar-refractivity contribution in [2.45, 2.75) is 218 Å². The summed E-state index contributed by atoms with van der Waals surface area (Å²) in [6, 6.07) is 0. The fraction of sp³-hybridized carbons (Fsp3) is 0.667. The normalized spacial score (nSPS) is 20.2. The standard InChI is InChI=1S/C57H94O9/c1-3-5-7-9-11-13-15-17-19-21-23-24-25-26-27-28-29-30-32-34-36-38-40-42-44-46-53(59)65-51(50-64-57-56(62)55(61)54(60)52(48-58)66-57)49-63-47-45-43-41-39-37-35-33-31-22-20-18-16-14-12-10-8-6-4-2/h5-8,11-14,17-20,23-24,26-27,29-30,51-52,54-58,60-62H,3-4,9-10,15-16,21-22,25,28,31-50H2,1-2H3/b7-5-,8-6-,13-11-,14-12-,19-17-,20-18-,24-23-,27-26-,30-29-. The number of aliphatic hydroxyl groups is 4. The smallest absolute Gasteiger partial charge is 0.306 e. The lowest BCUT2D eigenvalue weighted by atomic mass is 9.99. The summed E-state index contributed by atoms with van der Waals surface area (Å²) >= 11 is 0. The molecule has 0 saturated carbocycles. The Kier molecular flexibility index (Phi) is 43.3. The third kappa shape index (κ3) is 36.9. The van der Waals surface area contributed by atoms with Gasteiger partial charge in [0.2, 0.25) is 0 Å². The summed E-state index contributed by atoms with van der Waals surface area (Å²) in [7, 11) is 0. The second kappa shape index (κ2) is 46.9. The van der Waals surface area contributed by atoms with Crippen LogP contribution in [0, 0.1) is 0 Å². The number of esters is 1. The number of rotatable bonds is 43. The summed E-state index contributed by atoms with van der Waals surface area (Å²) < 4.78 is 22.9. The minimum Gasteiger partial charge on any atom is -0.457 e. The molecule has 1 aliphatic rings. The topological polar surface area (TPSA) is 135 Å². The highest BCUT2D eigenvalue weighted by Gasteiger charge is 2.44. The van der Waals surface area contributed by atoms with Gasteiger partial charge in [-0.2, -0.15) is 0 Å². The average molecular weight is 923 g/mol. The zero-order valence-corrected chi connectivity index (χ0v) is 41.4. The first-order valence-electron chi connectivity index (χ1n) is 26.0. The molecule has 376 valence electrons. The lowest BCUT2D eigenvalue weighted by Gasteiger charge is -2.39. The molecule has 9 heteroatoms. The predicted octanol–water partition coefficient (Wildman–Crippen LogP) is 12.9. The van der Waals surface area contributed by atoms with Gasteiger partial charge >= 0.3 is 5.97 Å². The minimum absolute atomic E-state index is 0.126. The number of unbranched alkanes of at least 4 members (excludes halogenated alkanes) is 14. The highest BCUT2D eigenvalue weighted by atomic mass is 16.7. The Balaban J connectivity index is 2.23. The first kappa shape index (κ1) is 60.9. The first-order valence-corrected chi connectivity index (χ1v) is 26.0. The van der Waals surface area contributed by atoms with Crippen LogP contribution in [0.4, 0.5) is 0 Å². The third-order valence-corrected chi connectivity index (χ3v) is 11.2. The highest BCUT2D eigenvalue weighted by Crippen LogP contribution is 2.22. The number of carbonyl (C=O) groups is 1. The number of hydrogen-bond acceptors (Lipinski definition) is 9. The largest absolute Gasteiger partial charge is 0.457 e. The Hall–Kier alpha value is -3.15.